The van der Waals surface area contributed by atoms with Gasteiger partial charge in [-0.05, 0) is 18.6 Å². The van der Waals surface area contributed by atoms with Gasteiger partial charge >= 0.3 is 0 Å². The van der Waals surface area contributed by atoms with Crippen molar-refractivity contribution in [1.82, 2.24) is 25.1 Å². The maximum atomic E-state index is 8.84. The Morgan fingerprint density at radius 1 is 1.65 bits per heavy atom. The van der Waals surface area contributed by atoms with Crippen LogP contribution in [0.25, 0.3) is 0 Å². The topological polar surface area (TPSA) is 82.3 Å². The zero-order valence-electron chi connectivity index (χ0n) is 9.81. The van der Waals surface area contributed by atoms with E-state index in [9.17, 15) is 0 Å². The van der Waals surface area contributed by atoms with E-state index in [0.29, 0.717) is 12.2 Å². The summed E-state index contributed by atoms with van der Waals surface area (Å²) in [7, 11) is 1.86. The summed E-state index contributed by atoms with van der Waals surface area (Å²) in [6.45, 7) is 2.70. The average Bonchev–Trinajstić information content (AvgIpc) is 2.95. The Kier molecular flexibility index (Phi) is 3.21. The molecular formula is C11H14N6. The summed E-state index contributed by atoms with van der Waals surface area (Å²) >= 11 is 0. The standard InChI is InChI=1S/C11H14N6/c1-8(11-14-7-15-16-11)13-5-9-3-10(4-12)17(2)6-9/h3,6-8,13H,5H2,1-2H3,(H,14,15,16). The minimum atomic E-state index is 0.100. The molecule has 0 aliphatic carbocycles. The lowest BCUT2D eigenvalue weighted by Crippen LogP contribution is -2.18. The van der Waals surface area contributed by atoms with Crippen molar-refractivity contribution in [3.63, 3.8) is 0 Å². The number of rotatable bonds is 4. The van der Waals surface area contributed by atoms with Crippen LogP contribution in [0.3, 0.4) is 0 Å². The molecular weight excluding hydrogens is 216 g/mol. The lowest BCUT2D eigenvalue weighted by Gasteiger charge is -2.09. The van der Waals surface area contributed by atoms with Gasteiger partial charge in [0.15, 0.2) is 0 Å². The zero-order chi connectivity index (χ0) is 12.3. The SMILES string of the molecule is CC(NCc1cc(C#N)n(C)c1)c1ncn[nH]1. The van der Waals surface area contributed by atoms with E-state index in [0.717, 1.165) is 11.4 Å². The summed E-state index contributed by atoms with van der Waals surface area (Å²) in [5.74, 6) is 0.807. The number of nitriles is 1. The van der Waals surface area contributed by atoms with Crippen molar-refractivity contribution in [2.24, 2.45) is 7.05 Å². The molecule has 0 amide bonds. The summed E-state index contributed by atoms with van der Waals surface area (Å²) in [6, 6.07) is 4.11. The third-order valence-electron chi connectivity index (χ3n) is 2.63. The molecule has 0 saturated heterocycles. The average molecular weight is 230 g/mol. The molecule has 2 rings (SSSR count). The van der Waals surface area contributed by atoms with Gasteiger partial charge in [-0.2, -0.15) is 10.4 Å². The highest BCUT2D eigenvalue weighted by atomic mass is 15.2. The van der Waals surface area contributed by atoms with Crippen LogP contribution in [-0.4, -0.2) is 19.7 Å². The Morgan fingerprint density at radius 3 is 3.06 bits per heavy atom. The Bertz CT molecular complexity index is 519. The maximum absolute atomic E-state index is 8.84. The highest BCUT2D eigenvalue weighted by molar-refractivity contribution is 5.28. The van der Waals surface area contributed by atoms with Crippen LogP contribution in [0, 0.1) is 11.3 Å². The van der Waals surface area contributed by atoms with Gasteiger partial charge in [0, 0.05) is 19.8 Å². The molecule has 0 saturated carbocycles. The lowest BCUT2D eigenvalue weighted by atomic mass is 10.2. The summed E-state index contributed by atoms with van der Waals surface area (Å²) in [5, 5.41) is 18.8. The molecule has 6 heteroatoms. The van der Waals surface area contributed by atoms with Crippen LogP contribution in [0.2, 0.25) is 0 Å². The van der Waals surface area contributed by atoms with Gasteiger partial charge in [-0.25, -0.2) is 4.98 Å². The van der Waals surface area contributed by atoms with Crippen LogP contribution < -0.4 is 5.32 Å². The molecule has 0 fully saturated rings. The van der Waals surface area contributed by atoms with Crippen molar-refractivity contribution in [2.45, 2.75) is 19.5 Å². The molecule has 2 aromatic rings. The van der Waals surface area contributed by atoms with Gasteiger partial charge < -0.3 is 9.88 Å². The second kappa shape index (κ2) is 4.80. The van der Waals surface area contributed by atoms with E-state index < -0.39 is 0 Å². The van der Waals surface area contributed by atoms with Gasteiger partial charge in [0.05, 0.1) is 6.04 Å². The fraction of sp³-hybridized carbons (Fsp3) is 0.364. The van der Waals surface area contributed by atoms with E-state index in [1.54, 1.807) is 0 Å². The van der Waals surface area contributed by atoms with Crippen molar-refractivity contribution in [1.29, 1.82) is 5.26 Å². The van der Waals surface area contributed by atoms with Crippen molar-refractivity contribution >= 4 is 0 Å². The summed E-state index contributed by atoms with van der Waals surface area (Å²) < 4.78 is 1.82. The quantitative estimate of drug-likeness (QED) is 0.816. The minimum Gasteiger partial charge on any atom is -0.342 e. The Labute approximate surface area is 99.3 Å². The third kappa shape index (κ3) is 2.52. The number of nitrogens with zero attached hydrogens (tertiary/aromatic N) is 4. The predicted molar refractivity (Wildman–Crippen MR) is 61.8 cm³/mol. The molecule has 0 aliphatic rings. The van der Waals surface area contributed by atoms with Crippen molar-refractivity contribution < 1.29 is 0 Å². The van der Waals surface area contributed by atoms with E-state index >= 15 is 0 Å². The van der Waals surface area contributed by atoms with Crippen LogP contribution in [-0.2, 0) is 13.6 Å². The molecule has 1 atom stereocenters. The minimum absolute atomic E-state index is 0.100. The highest BCUT2D eigenvalue weighted by Gasteiger charge is 2.08. The van der Waals surface area contributed by atoms with Gasteiger partial charge in [-0.3, -0.25) is 5.10 Å². The van der Waals surface area contributed by atoms with Crippen LogP contribution in [0.15, 0.2) is 18.6 Å². The fourth-order valence-corrected chi connectivity index (χ4v) is 1.63. The molecule has 88 valence electrons. The number of aryl methyl sites for hydroxylation is 1. The number of hydrogen-bond acceptors (Lipinski definition) is 4. The molecule has 2 N–H and O–H groups in total. The molecule has 0 spiro atoms. The van der Waals surface area contributed by atoms with Gasteiger partial charge in [-0.1, -0.05) is 0 Å². The summed E-state index contributed by atoms with van der Waals surface area (Å²) in [4.78, 5) is 4.08. The fourth-order valence-electron chi connectivity index (χ4n) is 1.63. The first-order valence-corrected chi connectivity index (χ1v) is 5.34. The normalized spacial score (nSPS) is 12.3. The first-order chi connectivity index (χ1) is 8.20. The lowest BCUT2D eigenvalue weighted by molar-refractivity contribution is 0.548. The summed E-state index contributed by atoms with van der Waals surface area (Å²) in [5.41, 5.74) is 1.74. The second-order valence-corrected chi connectivity index (χ2v) is 3.93. The number of aromatic amines is 1. The first kappa shape index (κ1) is 11.4. The van der Waals surface area contributed by atoms with Gasteiger partial charge in [0.2, 0.25) is 0 Å². The third-order valence-corrected chi connectivity index (χ3v) is 2.63. The molecule has 2 heterocycles. The summed E-state index contributed by atoms with van der Waals surface area (Å²) in [6.07, 6.45) is 3.43. The van der Waals surface area contributed by atoms with E-state index in [2.05, 4.69) is 26.6 Å². The highest BCUT2D eigenvalue weighted by Crippen LogP contribution is 2.09. The predicted octanol–water partition coefficient (Wildman–Crippen LogP) is 0.866. The monoisotopic (exact) mass is 230 g/mol. The van der Waals surface area contributed by atoms with Crippen LogP contribution in [0.5, 0.6) is 0 Å². The van der Waals surface area contributed by atoms with E-state index in [-0.39, 0.29) is 6.04 Å². The van der Waals surface area contributed by atoms with Gasteiger partial charge in [0.1, 0.15) is 23.9 Å². The molecule has 2 aromatic heterocycles. The molecule has 0 bridgehead atoms. The number of nitrogens with one attached hydrogen (secondary N) is 2. The van der Waals surface area contributed by atoms with E-state index in [4.69, 9.17) is 5.26 Å². The van der Waals surface area contributed by atoms with Crippen LogP contribution in [0.1, 0.15) is 30.0 Å². The largest absolute Gasteiger partial charge is 0.342 e. The van der Waals surface area contributed by atoms with Crippen LogP contribution >= 0.6 is 0 Å². The van der Waals surface area contributed by atoms with E-state index in [1.807, 2.05) is 30.8 Å². The smallest absolute Gasteiger partial charge is 0.141 e. The molecule has 0 aliphatic heterocycles. The first-order valence-electron chi connectivity index (χ1n) is 5.34. The molecule has 6 nitrogen and oxygen atoms in total. The molecule has 0 aromatic carbocycles. The number of aromatic nitrogens is 4. The Balaban J connectivity index is 1.96. The van der Waals surface area contributed by atoms with E-state index in [1.165, 1.54) is 6.33 Å². The van der Waals surface area contributed by atoms with Gasteiger partial charge in [0.25, 0.3) is 0 Å². The van der Waals surface area contributed by atoms with Gasteiger partial charge in [-0.15, -0.1) is 0 Å². The Morgan fingerprint density at radius 2 is 2.47 bits per heavy atom. The van der Waals surface area contributed by atoms with Crippen molar-refractivity contribution in [3.8, 4) is 6.07 Å². The van der Waals surface area contributed by atoms with Crippen molar-refractivity contribution in [3.05, 3.63) is 35.7 Å². The molecule has 17 heavy (non-hydrogen) atoms. The van der Waals surface area contributed by atoms with Crippen molar-refractivity contribution in [2.75, 3.05) is 0 Å². The Hall–Kier alpha value is -2.13. The maximum Gasteiger partial charge on any atom is 0.141 e. The second-order valence-electron chi connectivity index (χ2n) is 3.93. The molecule has 1 unspecified atom stereocenters. The van der Waals surface area contributed by atoms with Crippen LogP contribution in [0.4, 0.5) is 0 Å². The number of H-pyrrole nitrogens is 1. The number of hydrogen-bond donors (Lipinski definition) is 2. The zero-order valence-corrected chi connectivity index (χ0v) is 9.81. The molecule has 0 radical (unpaired) electrons.